The lowest BCUT2D eigenvalue weighted by Crippen LogP contribution is -2.46. The number of benzene rings is 1. The molecule has 3 rings (SSSR count). The van der Waals surface area contributed by atoms with Gasteiger partial charge in [-0.25, -0.2) is 4.79 Å². The first kappa shape index (κ1) is 17.0. The maximum Gasteiger partial charge on any atom is 0.326 e. The van der Waals surface area contributed by atoms with E-state index in [0.29, 0.717) is 19.3 Å². The molecular weight excluding hydrogens is 306 g/mol. The van der Waals surface area contributed by atoms with Gasteiger partial charge in [0.25, 0.3) is 0 Å². The number of carbonyl (C=O) groups is 2. The topological polar surface area (TPSA) is 66.8 Å². The van der Waals surface area contributed by atoms with E-state index in [1.54, 1.807) is 12.0 Å². The Labute approximate surface area is 142 Å². The van der Waals surface area contributed by atoms with Gasteiger partial charge in [0.1, 0.15) is 6.04 Å². The molecule has 0 bridgehead atoms. The molecule has 0 aromatic heterocycles. The van der Waals surface area contributed by atoms with Crippen LogP contribution in [0.5, 0.6) is 0 Å². The fraction of sp³-hybridized carbons (Fsp3) is 0.579. The third-order valence-electron chi connectivity index (χ3n) is 5.42. The first-order valence-electron chi connectivity index (χ1n) is 8.74. The Kier molecular flexibility index (Phi) is 5.19. The number of nitrogens with zero attached hydrogens (tertiary/aromatic N) is 1. The first-order valence-corrected chi connectivity index (χ1v) is 8.74. The number of methoxy groups -OCH3 is 1. The van der Waals surface area contributed by atoms with Crippen molar-refractivity contribution in [3.63, 3.8) is 0 Å². The summed E-state index contributed by atoms with van der Waals surface area (Å²) in [5, 5.41) is 9.58. The van der Waals surface area contributed by atoms with Gasteiger partial charge < -0.3 is 14.7 Å². The molecule has 5 nitrogen and oxygen atoms in total. The number of aliphatic carboxylic acids is 1. The van der Waals surface area contributed by atoms with Crippen molar-refractivity contribution in [2.75, 3.05) is 7.11 Å². The summed E-state index contributed by atoms with van der Waals surface area (Å²) in [5.74, 6) is -1.05. The summed E-state index contributed by atoms with van der Waals surface area (Å²) in [4.78, 5) is 26.5. The zero-order valence-electron chi connectivity index (χ0n) is 14.1. The predicted octanol–water partition coefficient (Wildman–Crippen LogP) is 3.01. The predicted molar refractivity (Wildman–Crippen MR) is 89.4 cm³/mol. The molecule has 1 heterocycles. The average Bonchev–Trinajstić information content (AvgIpc) is 3.07. The van der Waals surface area contributed by atoms with Gasteiger partial charge in [-0.3, -0.25) is 4.79 Å². The first-order chi connectivity index (χ1) is 11.6. The Morgan fingerprint density at radius 3 is 2.54 bits per heavy atom. The second-order valence-electron chi connectivity index (χ2n) is 6.82. The summed E-state index contributed by atoms with van der Waals surface area (Å²) < 4.78 is 5.43. The molecule has 1 aromatic carbocycles. The molecule has 0 radical (unpaired) electrons. The molecule has 1 saturated heterocycles. The standard InChI is InChI=1S/C19H25NO4/c1-24-15-9-5-8-14(12-15)18(21)20-16(10-11-17(20)19(22)23)13-6-3-2-4-7-13/h2-4,6-7,14-17H,5,8-12H2,1H3,(H,22,23). The van der Waals surface area contributed by atoms with Crippen molar-refractivity contribution in [2.24, 2.45) is 5.92 Å². The van der Waals surface area contributed by atoms with Gasteiger partial charge in [0.2, 0.25) is 5.91 Å². The van der Waals surface area contributed by atoms with Crippen LogP contribution in [0.15, 0.2) is 30.3 Å². The Balaban J connectivity index is 1.84. The van der Waals surface area contributed by atoms with Crippen LogP contribution >= 0.6 is 0 Å². The van der Waals surface area contributed by atoms with Gasteiger partial charge in [-0.2, -0.15) is 0 Å². The van der Waals surface area contributed by atoms with Crippen LogP contribution in [0.1, 0.15) is 50.1 Å². The van der Waals surface area contributed by atoms with E-state index in [-0.39, 0.29) is 24.0 Å². The highest BCUT2D eigenvalue weighted by atomic mass is 16.5. The van der Waals surface area contributed by atoms with E-state index in [4.69, 9.17) is 4.74 Å². The van der Waals surface area contributed by atoms with Gasteiger partial charge in [0, 0.05) is 13.0 Å². The highest BCUT2D eigenvalue weighted by Crippen LogP contribution is 2.39. The molecule has 1 aliphatic heterocycles. The van der Waals surface area contributed by atoms with E-state index < -0.39 is 12.0 Å². The van der Waals surface area contributed by atoms with Gasteiger partial charge in [0.15, 0.2) is 0 Å². The van der Waals surface area contributed by atoms with Crippen molar-refractivity contribution in [3.8, 4) is 0 Å². The maximum absolute atomic E-state index is 13.2. The summed E-state index contributed by atoms with van der Waals surface area (Å²) in [7, 11) is 1.68. The number of carboxylic acids is 1. The minimum absolute atomic E-state index is 0.0181. The van der Waals surface area contributed by atoms with Gasteiger partial charge in [0.05, 0.1) is 12.1 Å². The van der Waals surface area contributed by atoms with Crippen LogP contribution in [-0.4, -0.2) is 41.1 Å². The summed E-state index contributed by atoms with van der Waals surface area (Å²) in [6.07, 6.45) is 4.77. The third-order valence-corrected chi connectivity index (χ3v) is 5.42. The van der Waals surface area contributed by atoms with Crippen LogP contribution in [0.4, 0.5) is 0 Å². The smallest absolute Gasteiger partial charge is 0.326 e. The number of hydrogen-bond acceptors (Lipinski definition) is 3. The Morgan fingerprint density at radius 1 is 1.12 bits per heavy atom. The quantitative estimate of drug-likeness (QED) is 0.921. The normalized spacial score (nSPS) is 30.3. The Bertz CT molecular complexity index is 588. The molecule has 24 heavy (non-hydrogen) atoms. The monoisotopic (exact) mass is 331 g/mol. The molecule has 4 unspecified atom stereocenters. The molecule has 2 fully saturated rings. The second kappa shape index (κ2) is 7.34. The van der Waals surface area contributed by atoms with E-state index >= 15 is 0 Å². The molecule has 0 spiro atoms. The van der Waals surface area contributed by atoms with E-state index in [0.717, 1.165) is 24.8 Å². The van der Waals surface area contributed by atoms with E-state index in [1.807, 2.05) is 30.3 Å². The largest absolute Gasteiger partial charge is 0.480 e. The zero-order valence-corrected chi connectivity index (χ0v) is 14.1. The van der Waals surface area contributed by atoms with Crippen LogP contribution < -0.4 is 0 Å². The van der Waals surface area contributed by atoms with Crippen molar-refractivity contribution in [2.45, 2.75) is 56.7 Å². The minimum Gasteiger partial charge on any atom is -0.480 e. The van der Waals surface area contributed by atoms with Crippen LogP contribution in [0.2, 0.25) is 0 Å². The molecule has 4 atom stereocenters. The molecule has 1 aliphatic carbocycles. The molecule has 1 N–H and O–H groups in total. The van der Waals surface area contributed by atoms with Crippen molar-refractivity contribution in [1.29, 1.82) is 0 Å². The number of hydrogen-bond donors (Lipinski definition) is 1. The van der Waals surface area contributed by atoms with E-state index in [2.05, 4.69) is 0 Å². The van der Waals surface area contributed by atoms with Crippen molar-refractivity contribution >= 4 is 11.9 Å². The van der Waals surface area contributed by atoms with Crippen molar-refractivity contribution in [3.05, 3.63) is 35.9 Å². The average molecular weight is 331 g/mol. The molecule has 5 heteroatoms. The Morgan fingerprint density at radius 2 is 1.88 bits per heavy atom. The molecular formula is C19H25NO4. The molecule has 1 amide bonds. The number of amides is 1. The summed E-state index contributed by atoms with van der Waals surface area (Å²) in [6.45, 7) is 0. The summed E-state index contributed by atoms with van der Waals surface area (Å²) in [5.41, 5.74) is 1.02. The number of ether oxygens (including phenoxy) is 1. The number of carboxylic acid groups (broad SMARTS) is 1. The van der Waals surface area contributed by atoms with Gasteiger partial charge in [-0.1, -0.05) is 36.8 Å². The lowest BCUT2D eigenvalue weighted by molar-refractivity contribution is -0.153. The van der Waals surface area contributed by atoms with Crippen LogP contribution in [-0.2, 0) is 14.3 Å². The molecule has 1 saturated carbocycles. The van der Waals surface area contributed by atoms with Crippen LogP contribution in [0, 0.1) is 5.92 Å². The maximum atomic E-state index is 13.2. The van der Waals surface area contributed by atoms with Crippen molar-refractivity contribution < 1.29 is 19.4 Å². The molecule has 1 aromatic rings. The minimum atomic E-state index is -0.902. The second-order valence-corrected chi connectivity index (χ2v) is 6.82. The van der Waals surface area contributed by atoms with Gasteiger partial charge in [-0.15, -0.1) is 0 Å². The summed E-state index contributed by atoms with van der Waals surface area (Å²) in [6, 6.07) is 8.92. The van der Waals surface area contributed by atoms with Crippen LogP contribution in [0.3, 0.4) is 0 Å². The SMILES string of the molecule is COC1CCCC(C(=O)N2C(C(=O)O)CCC2c2ccccc2)C1. The van der Waals surface area contributed by atoms with Gasteiger partial charge in [-0.05, 0) is 37.7 Å². The zero-order chi connectivity index (χ0) is 17.1. The van der Waals surface area contributed by atoms with E-state index in [9.17, 15) is 14.7 Å². The molecule has 2 aliphatic rings. The van der Waals surface area contributed by atoms with Gasteiger partial charge >= 0.3 is 5.97 Å². The lowest BCUT2D eigenvalue weighted by Gasteiger charge is -2.35. The van der Waals surface area contributed by atoms with E-state index in [1.165, 1.54) is 0 Å². The fourth-order valence-corrected chi connectivity index (χ4v) is 4.16. The van der Waals surface area contributed by atoms with Crippen molar-refractivity contribution in [1.82, 2.24) is 4.90 Å². The Hall–Kier alpha value is -1.88. The number of rotatable bonds is 4. The number of carbonyl (C=O) groups excluding carboxylic acids is 1. The highest BCUT2D eigenvalue weighted by molar-refractivity contribution is 5.86. The van der Waals surface area contributed by atoms with Crippen LogP contribution in [0.25, 0.3) is 0 Å². The molecule has 130 valence electrons. The number of likely N-dealkylation sites (tertiary alicyclic amines) is 1. The summed E-state index contributed by atoms with van der Waals surface area (Å²) >= 11 is 0. The lowest BCUT2D eigenvalue weighted by atomic mass is 9.85. The third kappa shape index (κ3) is 3.31. The highest BCUT2D eigenvalue weighted by Gasteiger charge is 2.44. The fourth-order valence-electron chi connectivity index (χ4n) is 4.16.